The maximum Gasteiger partial charge on any atom is 0.269 e. The summed E-state index contributed by atoms with van der Waals surface area (Å²) >= 11 is 0. The van der Waals surface area contributed by atoms with Crippen LogP contribution in [0.4, 0.5) is 30.2 Å². The third kappa shape index (κ3) is 4.15. The fourth-order valence-electron chi connectivity index (χ4n) is 1.80. The number of hydrogen-bond donors (Lipinski definition) is 2. The number of nitrogens with zero attached hydrogens (tertiary/aromatic N) is 2. The minimum absolute atomic E-state index is 0.181. The van der Waals surface area contributed by atoms with Gasteiger partial charge in [-0.1, -0.05) is 0 Å². The van der Waals surface area contributed by atoms with E-state index in [0.29, 0.717) is 6.07 Å². The summed E-state index contributed by atoms with van der Waals surface area (Å²) in [6.07, 6.45) is 0.816. The molecule has 2 N–H and O–H groups in total. The molecule has 132 valence electrons. The summed E-state index contributed by atoms with van der Waals surface area (Å²) in [6, 6.07) is 7.95. The summed E-state index contributed by atoms with van der Waals surface area (Å²) in [6.45, 7) is 0. The van der Waals surface area contributed by atoms with Gasteiger partial charge in [-0.25, -0.2) is 13.2 Å². The van der Waals surface area contributed by atoms with E-state index in [4.69, 9.17) is 5.26 Å². The number of nitriles is 1. The van der Waals surface area contributed by atoms with Crippen molar-refractivity contribution in [2.24, 2.45) is 0 Å². The van der Waals surface area contributed by atoms with Crippen molar-refractivity contribution in [1.82, 2.24) is 0 Å². The van der Waals surface area contributed by atoms with E-state index in [-0.39, 0.29) is 11.4 Å². The van der Waals surface area contributed by atoms with Crippen molar-refractivity contribution in [1.29, 1.82) is 5.26 Å². The van der Waals surface area contributed by atoms with E-state index in [2.05, 4.69) is 10.6 Å². The lowest BCUT2D eigenvalue weighted by molar-refractivity contribution is -0.384. The number of nitro groups is 1. The third-order valence-corrected chi connectivity index (χ3v) is 3.11. The predicted octanol–water partition coefficient (Wildman–Crippen LogP) is 3.47. The van der Waals surface area contributed by atoms with Gasteiger partial charge in [-0.05, 0) is 24.3 Å². The molecule has 0 unspecified atom stereocenters. The Bertz CT molecular complexity index is 937. The second kappa shape index (κ2) is 7.80. The van der Waals surface area contributed by atoms with E-state index < -0.39 is 39.5 Å². The first-order chi connectivity index (χ1) is 12.3. The van der Waals surface area contributed by atoms with Crippen molar-refractivity contribution in [3.05, 3.63) is 75.7 Å². The molecule has 0 saturated carbocycles. The predicted molar refractivity (Wildman–Crippen MR) is 85.4 cm³/mol. The van der Waals surface area contributed by atoms with Gasteiger partial charge in [-0.15, -0.1) is 0 Å². The minimum Gasteiger partial charge on any atom is -0.358 e. The van der Waals surface area contributed by atoms with Crippen molar-refractivity contribution in [2.45, 2.75) is 0 Å². The first-order valence-electron chi connectivity index (χ1n) is 6.89. The van der Waals surface area contributed by atoms with E-state index in [1.165, 1.54) is 12.1 Å². The Morgan fingerprint density at radius 3 is 2.35 bits per heavy atom. The number of rotatable bonds is 5. The summed E-state index contributed by atoms with van der Waals surface area (Å²) in [5.41, 5.74) is -0.970. The molecular formula is C16H9F3N4O3. The Morgan fingerprint density at radius 2 is 1.77 bits per heavy atom. The Labute approximate surface area is 144 Å². The fourth-order valence-corrected chi connectivity index (χ4v) is 1.80. The lowest BCUT2D eigenvalue weighted by atomic mass is 10.2. The molecule has 0 aliphatic heterocycles. The molecule has 1 amide bonds. The van der Waals surface area contributed by atoms with Crippen molar-refractivity contribution in [3.8, 4) is 6.07 Å². The Kier molecular flexibility index (Phi) is 5.54. The van der Waals surface area contributed by atoms with Gasteiger partial charge in [-0.2, -0.15) is 5.26 Å². The number of non-ortho nitro benzene ring substituents is 1. The van der Waals surface area contributed by atoms with Crippen LogP contribution in [0.25, 0.3) is 0 Å². The molecular weight excluding hydrogens is 353 g/mol. The zero-order chi connectivity index (χ0) is 19.3. The summed E-state index contributed by atoms with van der Waals surface area (Å²) in [4.78, 5) is 21.9. The summed E-state index contributed by atoms with van der Waals surface area (Å²) in [5, 5.41) is 24.1. The van der Waals surface area contributed by atoms with Gasteiger partial charge in [-0.3, -0.25) is 14.9 Å². The van der Waals surface area contributed by atoms with Crippen molar-refractivity contribution >= 4 is 23.0 Å². The number of nitro benzene ring substituents is 1. The normalized spacial score (nSPS) is 10.8. The average molecular weight is 362 g/mol. The van der Waals surface area contributed by atoms with Gasteiger partial charge in [0.25, 0.3) is 11.6 Å². The SMILES string of the molecule is N#C/C(=C/Nc1ccc(F)c(F)c1F)C(=O)Nc1ccc([N+](=O)[O-])cc1. The molecule has 2 aromatic rings. The number of amides is 1. The zero-order valence-electron chi connectivity index (χ0n) is 12.8. The summed E-state index contributed by atoms with van der Waals surface area (Å²) in [7, 11) is 0. The summed E-state index contributed by atoms with van der Waals surface area (Å²) in [5.74, 6) is -5.48. The highest BCUT2D eigenvalue weighted by Gasteiger charge is 2.14. The van der Waals surface area contributed by atoms with Crippen LogP contribution in [-0.4, -0.2) is 10.8 Å². The van der Waals surface area contributed by atoms with Gasteiger partial charge < -0.3 is 10.6 Å². The molecule has 0 heterocycles. The van der Waals surface area contributed by atoms with E-state index in [1.807, 2.05) is 0 Å². The van der Waals surface area contributed by atoms with Crippen molar-refractivity contribution < 1.29 is 22.9 Å². The molecule has 0 aromatic heterocycles. The zero-order valence-corrected chi connectivity index (χ0v) is 12.8. The van der Waals surface area contributed by atoms with Crippen LogP contribution in [-0.2, 0) is 4.79 Å². The van der Waals surface area contributed by atoms with Gasteiger partial charge in [0.05, 0.1) is 10.6 Å². The molecule has 10 heteroatoms. The molecule has 0 aliphatic rings. The van der Waals surface area contributed by atoms with Gasteiger partial charge in [0.2, 0.25) is 0 Å². The van der Waals surface area contributed by atoms with Crippen LogP contribution in [0, 0.1) is 38.9 Å². The number of carbonyl (C=O) groups is 1. The quantitative estimate of drug-likeness (QED) is 0.278. The van der Waals surface area contributed by atoms with E-state index >= 15 is 0 Å². The second-order valence-electron chi connectivity index (χ2n) is 4.80. The first-order valence-corrected chi connectivity index (χ1v) is 6.89. The average Bonchev–Trinajstić information content (AvgIpc) is 2.62. The van der Waals surface area contributed by atoms with E-state index in [0.717, 1.165) is 24.4 Å². The highest BCUT2D eigenvalue weighted by atomic mass is 19.2. The number of halogens is 3. The van der Waals surface area contributed by atoms with Crippen molar-refractivity contribution in [3.63, 3.8) is 0 Å². The molecule has 0 saturated heterocycles. The lowest BCUT2D eigenvalue weighted by Crippen LogP contribution is -2.14. The van der Waals surface area contributed by atoms with Crippen LogP contribution in [0.2, 0.25) is 0 Å². The highest BCUT2D eigenvalue weighted by molar-refractivity contribution is 6.06. The largest absolute Gasteiger partial charge is 0.358 e. The molecule has 0 atom stereocenters. The van der Waals surface area contributed by atoms with E-state index in [9.17, 15) is 28.1 Å². The van der Waals surface area contributed by atoms with Crippen molar-refractivity contribution in [2.75, 3.05) is 10.6 Å². The topological polar surface area (TPSA) is 108 Å². The van der Waals surface area contributed by atoms with Crippen LogP contribution in [0.5, 0.6) is 0 Å². The third-order valence-electron chi connectivity index (χ3n) is 3.11. The molecule has 7 nitrogen and oxygen atoms in total. The molecule has 2 rings (SSSR count). The first kappa shape index (κ1) is 18.5. The standard InChI is InChI=1S/C16H9F3N4O3/c17-12-5-6-13(15(19)14(12)18)21-8-9(7-20)16(24)22-10-1-3-11(4-2-10)23(25)26/h1-6,8,21H,(H,22,24)/b9-8-. The lowest BCUT2D eigenvalue weighted by Gasteiger charge is -2.06. The molecule has 2 aromatic carbocycles. The van der Waals surface area contributed by atoms with Crippen LogP contribution < -0.4 is 10.6 Å². The highest BCUT2D eigenvalue weighted by Crippen LogP contribution is 2.20. The molecule has 0 fully saturated rings. The van der Waals surface area contributed by atoms with Crippen LogP contribution in [0.15, 0.2) is 48.2 Å². The number of hydrogen-bond acceptors (Lipinski definition) is 5. The fraction of sp³-hybridized carbons (Fsp3) is 0. The minimum atomic E-state index is -1.70. The molecule has 0 bridgehead atoms. The van der Waals surface area contributed by atoms with Crippen LogP contribution >= 0.6 is 0 Å². The number of anilines is 2. The maximum atomic E-state index is 13.5. The van der Waals surface area contributed by atoms with Crippen LogP contribution in [0.3, 0.4) is 0 Å². The van der Waals surface area contributed by atoms with Gasteiger partial charge in [0.15, 0.2) is 17.5 Å². The molecule has 0 aliphatic carbocycles. The molecule has 0 spiro atoms. The number of carbonyl (C=O) groups excluding carboxylic acids is 1. The van der Waals surface area contributed by atoms with E-state index in [1.54, 1.807) is 6.07 Å². The second-order valence-corrected chi connectivity index (χ2v) is 4.80. The monoisotopic (exact) mass is 362 g/mol. The van der Waals surface area contributed by atoms with Gasteiger partial charge in [0.1, 0.15) is 11.6 Å². The van der Waals surface area contributed by atoms with Gasteiger partial charge in [0, 0.05) is 24.0 Å². The number of benzene rings is 2. The molecule has 26 heavy (non-hydrogen) atoms. The summed E-state index contributed by atoms with van der Waals surface area (Å²) < 4.78 is 39.5. The Balaban J connectivity index is 2.13. The Hall–Kier alpha value is -3.87. The smallest absolute Gasteiger partial charge is 0.269 e. The van der Waals surface area contributed by atoms with Gasteiger partial charge >= 0.3 is 0 Å². The Morgan fingerprint density at radius 1 is 1.12 bits per heavy atom. The maximum absolute atomic E-state index is 13.5. The number of nitrogens with one attached hydrogen (secondary N) is 2. The van der Waals surface area contributed by atoms with Crippen LogP contribution in [0.1, 0.15) is 0 Å². The molecule has 0 radical (unpaired) electrons.